The lowest BCUT2D eigenvalue weighted by molar-refractivity contribution is 0.122. The minimum atomic E-state index is 0.344. The van der Waals surface area contributed by atoms with E-state index in [1.807, 2.05) is 6.20 Å². The molecule has 2 rings (SSSR count). The fourth-order valence-corrected chi connectivity index (χ4v) is 2.23. The number of aromatic nitrogens is 1. The molecule has 102 valence electrons. The molecule has 0 radical (unpaired) electrons. The molecule has 0 aromatic carbocycles. The minimum absolute atomic E-state index is 0.344. The molecule has 0 spiro atoms. The van der Waals surface area contributed by atoms with Gasteiger partial charge in [0.1, 0.15) is 5.76 Å². The molecule has 2 heterocycles. The van der Waals surface area contributed by atoms with Gasteiger partial charge in [-0.2, -0.15) is 0 Å². The van der Waals surface area contributed by atoms with E-state index in [1.165, 1.54) is 0 Å². The average molecular weight is 252 g/mol. The molecule has 4 heteroatoms. The van der Waals surface area contributed by atoms with Crippen LogP contribution in [0.15, 0.2) is 10.6 Å². The van der Waals surface area contributed by atoms with Gasteiger partial charge in [-0.05, 0) is 25.8 Å². The van der Waals surface area contributed by atoms with Crippen molar-refractivity contribution in [1.29, 1.82) is 0 Å². The van der Waals surface area contributed by atoms with E-state index in [0.717, 1.165) is 44.2 Å². The highest BCUT2D eigenvalue weighted by molar-refractivity contribution is 5.04. The highest BCUT2D eigenvalue weighted by Gasteiger charge is 2.26. The summed E-state index contributed by atoms with van der Waals surface area (Å²) in [5.41, 5.74) is 0. The number of hydrogen-bond donors (Lipinski definition) is 1. The molecule has 1 fully saturated rings. The second kappa shape index (κ2) is 6.34. The number of nitrogens with one attached hydrogen (secondary N) is 1. The number of ether oxygens (including phenoxy) is 1. The first-order chi connectivity index (χ1) is 8.65. The monoisotopic (exact) mass is 252 g/mol. The van der Waals surface area contributed by atoms with Crippen molar-refractivity contribution in [1.82, 2.24) is 10.3 Å². The highest BCUT2D eigenvalue weighted by atomic mass is 16.5. The minimum Gasteiger partial charge on any atom is -0.445 e. The van der Waals surface area contributed by atoms with Crippen molar-refractivity contribution in [3.63, 3.8) is 0 Å². The first-order valence-corrected chi connectivity index (χ1v) is 6.92. The largest absolute Gasteiger partial charge is 0.445 e. The van der Waals surface area contributed by atoms with E-state index in [2.05, 4.69) is 31.1 Å². The topological polar surface area (TPSA) is 47.3 Å². The van der Waals surface area contributed by atoms with Crippen molar-refractivity contribution in [2.24, 2.45) is 5.92 Å². The van der Waals surface area contributed by atoms with Crippen molar-refractivity contribution in [3.8, 4) is 0 Å². The van der Waals surface area contributed by atoms with Gasteiger partial charge in [0.2, 0.25) is 0 Å². The second-order valence-corrected chi connectivity index (χ2v) is 5.58. The summed E-state index contributed by atoms with van der Waals surface area (Å²) in [5.74, 6) is 2.89. The first-order valence-electron chi connectivity index (χ1n) is 6.92. The molecule has 0 bridgehead atoms. The van der Waals surface area contributed by atoms with E-state index in [-0.39, 0.29) is 0 Å². The molecule has 1 aliphatic heterocycles. The van der Waals surface area contributed by atoms with Crippen LogP contribution in [0.2, 0.25) is 0 Å². The Morgan fingerprint density at radius 2 is 2.33 bits per heavy atom. The van der Waals surface area contributed by atoms with Crippen LogP contribution in [-0.4, -0.2) is 30.8 Å². The molecule has 2 unspecified atom stereocenters. The van der Waals surface area contributed by atoms with E-state index in [9.17, 15) is 0 Å². The van der Waals surface area contributed by atoms with Gasteiger partial charge in [-0.15, -0.1) is 0 Å². The Morgan fingerprint density at radius 1 is 1.50 bits per heavy atom. The molecule has 1 aliphatic rings. The Labute approximate surface area is 109 Å². The van der Waals surface area contributed by atoms with Gasteiger partial charge < -0.3 is 14.5 Å². The lowest BCUT2D eigenvalue weighted by Gasteiger charge is -2.05. The molecule has 0 amide bonds. The van der Waals surface area contributed by atoms with Crippen LogP contribution in [0.3, 0.4) is 0 Å². The van der Waals surface area contributed by atoms with Gasteiger partial charge in [-0.3, -0.25) is 0 Å². The molecule has 1 aromatic heterocycles. The summed E-state index contributed by atoms with van der Waals surface area (Å²) in [7, 11) is 0. The summed E-state index contributed by atoms with van der Waals surface area (Å²) in [6.45, 7) is 9.25. The van der Waals surface area contributed by atoms with Crippen LogP contribution in [0, 0.1) is 5.92 Å². The fraction of sp³-hybridized carbons (Fsp3) is 0.786. The van der Waals surface area contributed by atoms with Gasteiger partial charge in [-0.1, -0.05) is 13.8 Å². The third-order valence-corrected chi connectivity index (χ3v) is 3.24. The third-order valence-electron chi connectivity index (χ3n) is 3.24. The molecule has 2 atom stereocenters. The van der Waals surface area contributed by atoms with E-state index in [0.29, 0.717) is 17.9 Å². The maximum absolute atomic E-state index is 5.79. The molecule has 4 nitrogen and oxygen atoms in total. The van der Waals surface area contributed by atoms with Crippen LogP contribution in [0.4, 0.5) is 0 Å². The fourth-order valence-electron chi connectivity index (χ4n) is 2.23. The lowest BCUT2D eigenvalue weighted by Crippen LogP contribution is -2.22. The van der Waals surface area contributed by atoms with Gasteiger partial charge in [0.05, 0.1) is 18.9 Å². The molecule has 1 N–H and O–H groups in total. The molecule has 18 heavy (non-hydrogen) atoms. The van der Waals surface area contributed by atoms with Gasteiger partial charge in [0.25, 0.3) is 0 Å². The normalized spacial score (nSPS) is 24.0. The summed E-state index contributed by atoms with van der Waals surface area (Å²) in [6, 6.07) is 0. The van der Waals surface area contributed by atoms with Gasteiger partial charge in [0, 0.05) is 18.9 Å². The Kier molecular flexibility index (Phi) is 4.78. The lowest BCUT2D eigenvalue weighted by atomic mass is 10.0. The number of oxazole rings is 1. The summed E-state index contributed by atoms with van der Waals surface area (Å²) in [4.78, 5) is 4.34. The molecular formula is C14H24N2O2. The Hall–Kier alpha value is -0.870. The molecule has 1 saturated heterocycles. The average Bonchev–Trinajstić information content (AvgIpc) is 2.93. The zero-order valence-electron chi connectivity index (χ0n) is 11.6. The Morgan fingerprint density at radius 3 is 3.00 bits per heavy atom. The Bertz CT molecular complexity index is 362. The summed E-state index contributed by atoms with van der Waals surface area (Å²) in [6.07, 6.45) is 4.11. The molecular weight excluding hydrogens is 228 g/mol. The first kappa shape index (κ1) is 13.6. The smallest absolute Gasteiger partial charge is 0.195 e. The van der Waals surface area contributed by atoms with Crippen LogP contribution in [0.25, 0.3) is 0 Å². The van der Waals surface area contributed by atoms with Crippen molar-refractivity contribution in [2.45, 2.75) is 45.6 Å². The number of hydrogen-bond acceptors (Lipinski definition) is 4. The second-order valence-electron chi connectivity index (χ2n) is 5.58. The number of nitrogens with zero attached hydrogens (tertiary/aromatic N) is 1. The zero-order chi connectivity index (χ0) is 13.0. The van der Waals surface area contributed by atoms with Crippen molar-refractivity contribution < 1.29 is 9.15 Å². The standard InChI is InChI=1S/C14H24N2O2/c1-10(2)7-15-5-4-14-16-8-13(18-14)12-6-11(3)17-9-12/h8,10-12,15H,4-7,9H2,1-3H3. The quantitative estimate of drug-likeness (QED) is 0.790. The molecule has 1 aromatic rings. The molecule has 0 aliphatic carbocycles. The summed E-state index contributed by atoms with van der Waals surface area (Å²) >= 11 is 0. The SMILES string of the molecule is CC(C)CNCCc1ncc(C2COC(C)C2)o1. The van der Waals surface area contributed by atoms with Crippen molar-refractivity contribution in [2.75, 3.05) is 19.7 Å². The predicted molar refractivity (Wildman–Crippen MR) is 70.7 cm³/mol. The van der Waals surface area contributed by atoms with Crippen LogP contribution in [0.5, 0.6) is 0 Å². The summed E-state index contributed by atoms with van der Waals surface area (Å²) < 4.78 is 11.3. The third kappa shape index (κ3) is 3.82. The van der Waals surface area contributed by atoms with Crippen molar-refractivity contribution in [3.05, 3.63) is 17.8 Å². The maximum Gasteiger partial charge on any atom is 0.195 e. The van der Waals surface area contributed by atoms with Gasteiger partial charge >= 0.3 is 0 Å². The van der Waals surface area contributed by atoms with E-state index in [1.54, 1.807) is 0 Å². The van der Waals surface area contributed by atoms with Gasteiger partial charge in [-0.25, -0.2) is 4.98 Å². The van der Waals surface area contributed by atoms with E-state index >= 15 is 0 Å². The summed E-state index contributed by atoms with van der Waals surface area (Å²) in [5, 5.41) is 3.39. The van der Waals surface area contributed by atoms with E-state index in [4.69, 9.17) is 9.15 Å². The molecule has 0 saturated carbocycles. The number of rotatable bonds is 6. The Balaban J connectivity index is 1.76. The van der Waals surface area contributed by atoms with Gasteiger partial charge in [0.15, 0.2) is 5.89 Å². The van der Waals surface area contributed by atoms with Crippen LogP contribution >= 0.6 is 0 Å². The maximum atomic E-state index is 5.79. The van der Waals surface area contributed by atoms with Crippen LogP contribution in [-0.2, 0) is 11.2 Å². The van der Waals surface area contributed by atoms with Crippen molar-refractivity contribution >= 4 is 0 Å². The van der Waals surface area contributed by atoms with E-state index < -0.39 is 0 Å². The van der Waals surface area contributed by atoms with Crippen LogP contribution < -0.4 is 5.32 Å². The zero-order valence-corrected chi connectivity index (χ0v) is 11.6. The highest BCUT2D eigenvalue weighted by Crippen LogP contribution is 2.29. The predicted octanol–water partition coefficient (Wildman–Crippen LogP) is 2.36. The van der Waals surface area contributed by atoms with Crippen LogP contribution in [0.1, 0.15) is 44.8 Å².